The van der Waals surface area contributed by atoms with Crippen LogP contribution in [0, 0.1) is 0 Å². The Hall–Kier alpha value is -3.46. The lowest BCUT2D eigenvalue weighted by molar-refractivity contribution is -0.120. The number of carbonyl (C=O) groups excluding carboxylic acids is 1. The summed E-state index contributed by atoms with van der Waals surface area (Å²) in [6, 6.07) is 9.44. The summed E-state index contributed by atoms with van der Waals surface area (Å²) in [4.78, 5) is 30.4. The van der Waals surface area contributed by atoms with Gasteiger partial charge in [0.05, 0.1) is 31.5 Å². The first kappa shape index (κ1) is 21.4. The Morgan fingerprint density at radius 2 is 2.03 bits per heavy atom. The quantitative estimate of drug-likeness (QED) is 0.455. The van der Waals surface area contributed by atoms with E-state index in [9.17, 15) is 9.59 Å². The topological polar surface area (TPSA) is 90.5 Å². The molecular weight excluding hydrogens is 438 g/mol. The molecule has 0 fully saturated rings. The highest BCUT2D eigenvalue weighted by atomic mass is 32.1. The fraction of sp³-hybridized carbons (Fsp3) is 0.333. The number of thiazole rings is 1. The second kappa shape index (κ2) is 9.19. The summed E-state index contributed by atoms with van der Waals surface area (Å²) >= 11 is 1.51. The second-order valence-electron chi connectivity index (χ2n) is 8.15. The SMILES string of the molecule is COc1ccc(-c2cn3c(CC(=O)NCCn4nc5c(cc4=O)CCCC5)csc3n2)cc1. The maximum absolute atomic E-state index is 12.5. The lowest BCUT2D eigenvalue weighted by Crippen LogP contribution is -2.34. The maximum atomic E-state index is 12.5. The van der Waals surface area contributed by atoms with Crippen LogP contribution in [-0.4, -0.2) is 38.7 Å². The van der Waals surface area contributed by atoms with Gasteiger partial charge in [-0.25, -0.2) is 9.67 Å². The highest BCUT2D eigenvalue weighted by Gasteiger charge is 2.15. The van der Waals surface area contributed by atoms with Crippen LogP contribution in [0.5, 0.6) is 5.75 Å². The van der Waals surface area contributed by atoms with Crippen LogP contribution in [0.15, 0.2) is 46.7 Å². The molecule has 0 unspecified atom stereocenters. The Morgan fingerprint density at radius 1 is 1.21 bits per heavy atom. The van der Waals surface area contributed by atoms with Crippen molar-refractivity contribution in [2.75, 3.05) is 13.7 Å². The van der Waals surface area contributed by atoms with Gasteiger partial charge in [-0.05, 0) is 55.5 Å². The molecule has 0 saturated carbocycles. The normalized spacial score (nSPS) is 13.1. The van der Waals surface area contributed by atoms with Crippen molar-refractivity contribution in [1.82, 2.24) is 24.5 Å². The molecule has 0 aliphatic heterocycles. The number of amides is 1. The largest absolute Gasteiger partial charge is 0.497 e. The first-order chi connectivity index (χ1) is 16.1. The number of imidazole rings is 1. The van der Waals surface area contributed by atoms with Crippen molar-refractivity contribution in [3.8, 4) is 17.0 Å². The molecule has 4 aromatic rings. The smallest absolute Gasteiger partial charge is 0.267 e. The van der Waals surface area contributed by atoms with Crippen LogP contribution in [0.1, 0.15) is 29.8 Å². The number of nitrogens with zero attached hydrogens (tertiary/aromatic N) is 4. The van der Waals surface area contributed by atoms with Gasteiger partial charge in [0.25, 0.3) is 5.56 Å². The molecule has 1 aromatic carbocycles. The summed E-state index contributed by atoms with van der Waals surface area (Å²) in [5.41, 5.74) is 4.70. The fourth-order valence-corrected chi connectivity index (χ4v) is 5.02. The summed E-state index contributed by atoms with van der Waals surface area (Å²) < 4.78 is 8.63. The summed E-state index contributed by atoms with van der Waals surface area (Å²) in [5, 5.41) is 9.37. The van der Waals surface area contributed by atoms with E-state index in [0.717, 1.165) is 64.6 Å². The van der Waals surface area contributed by atoms with Crippen molar-refractivity contribution in [1.29, 1.82) is 0 Å². The van der Waals surface area contributed by atoms with Crippen molar-refractivity contribution >= 4 is 22.2 Å². The zero-order valence-corrected chi connectivity index (χ0v) is 19.2. The number of nitrogens with one attached hydrogen (secondary N) is 1. The fourth-order valence-electron chi connectivity index (χ4n) is 4.15. The van der Waals surface area contributed by atoms with E-state index in [2.05, 4.69) is 15.4 Å². The molecule has 1 amide bonds. The van der Waals surface area contributed by atoms with Gasteiger partial charge in [0.15, 0.2) is 4.96 Å². The molecular formula is C24H25N5O3S. The van der Waals surface area contributed by atoms with Crippen molar-refractivity contribution in [2.45, 2.75) is 38.6 Å². The molecule has 0 spiro atoms. The molecule has 1 aliphatic rings. The van der Waals surface area contributed by atoms with Gasteiger partial charge in [0.1, 0.15) is 5.75 Å². The van der Waals surface area contributed by atoms with E-state index in [1.54, 1.807) is 13.2 Å². The number of aromatic nitrogens is 4. The highest BCUT2D eigenvalue weighted by Crippen LogP contribution is 2.25. The van der Waals surface area contributed by atoms with Crippen molar-refractivity contribution in [3.05, 3.63) is 69.2 Å². The molecule has 3 heterocycles. The van der Waals surface area contributed by atoms with Crippen LogP contribution in [-0.2, 0) is 30.6 Å². The third-order valence-corrected chi connectivity index (χ3v) is 6.82. The van der Waals surface area contributed by atoms with E-state index in [1.165, 1.54) is 16.0 Å². The zero-order chi connectivity index (χ0) is 22.8. The standard InChI is InChI=1S/C24H25N5O3S/c1-32-19-8-6-16(7-9-19)21-14-28-18(15-33-24(28)26-21)13-22(30)25-10-11-29-23(31)12-17-4-2-3-5-20(17)27-29/h6-9,12,14-15H,2-5,10-11,13H2,1H3,(H,25,30). The average molecular weight is 464 g/mol. The van der Waals surface area contributed by atoms with E-state index in [4.69, 9.17) is 4.74 Å². The number of hydrogen-bond acceptors (Lipinski definition) is 6. The predicted octanol–water partition coefficient (Wildman–Crippen LogP) is 2.87. The second-order valence-corrected chi connectivity index (χ2v) is 8.98. The molecule has 0 bridgehead atoms. The van der Waals surface area contributed by atoms with E-state index >= 15 is 0 Å². The number of carbonyl (C=O) groups is 1. The van der Waals surface area contributed by atoms with Gasteiger partial charge in [-0.1, -0.05) is 0 Å². The van der Waals surface area contributed by atoms with E-state index < -0.39 is 0 Å². The Labute approximate surface area is 194 Å². The number of benzene rings is 1. The summed E-state index contributed by atoms with van der Waals surface area (Å²) in [6.45, 7) is 0.725. The van der Waals surface area contributed by atoms with Crippen LogP contribution in [0.3, 0.4) is 0 Å². The van der Waals surface area contributed by atoms with Crippen molar-refractivity contribution < 1.29 is 9.53 Å². The molecule has 0 saturated heterocycles. The number of hydrogen-bond donors (Lipinski definition) is 1. The third kappa shape index (κ3) is 4.54. The van der Waals surface area contributed by atoms with Crippen LogP contribution in [0.2, 0.25) is 0 Å². The maximum Gasteiger partial charge on any atom is 0.267 e. The summed E-state index contributed by atoms with van der Waals surface area (Å²) in [6.07, 6.45) is 6.26. The van der Waals surface area contributed by atoms with Crippen LogP contribution in [0.25, 0.3) is 16.2 Å². The Kier molecular flexibility index (Phi) is 5.95. The number of ether oxygens (including phenoxy) is 1. The highest BCUT2D eigenvalue weighted by molar-refractivity contribution is 7.15. The molecule has 5 rings (SSSR count). The van der Waals surface area contributed by atoms with Gasteiger partial charge in [-0.3, -0.25) is 14.0 Å². The van der Waals surface area contributed by atoms with Crippen LogP contribution >= 0.6 is 11.3 Å². The number of fused-ring (bicyclic) bond motifs is 2. The third-order valence-electron chi connectivity index (χ3n) is 5.93. The van der Waals surface area contributed by atoms with Gasteiger partial charge in [0, 0.05) is 35.4 Å². The number of rotatable bonds is 7. The predicted molar refractivity (Wildman–Crippen MR) is 127 cm³/mol. The first-order valence-electron chi connectivity index (χ1n) is 11.1. The Bertz CT molecular complexity index is 1350. The molecule has 0 atom stereocenters. The van der Waals surface area contributed by atoms with E-state index in [1.807, 2.05) is 40.2 Å². The molecule has 0 radical (unpaired) electrons. The molecule has 3 aromatic heterocycles. The molecule has 1 aliphatic carbocycles. The lowest BCUT2D eigenvalue weighted by Gasteiger charge is -2.16. The van der Waals surface area contributed by atoms with Gasteiger partial charge in [-0.15, -0.1) is 11.3 Å². The minimum absolute atomic E-state index is 0.0968. The first-order valence-corrected chi connectivity index (χ1v) is 12.0. The Morgan fingerprint density at radius 3 is 2.85 bits per heavy atom. The molecule has 170 valence electrons. The number of aryl methyl sites for hydroxylation is 2. The van der Waals surface area contributed by atoms with Crippen molar-refractivity contribution in [3.63, 3.8) is 0 Å². The monoisotopic (exact) mass is 463 g/mol. The molecule has 33 heavy (non-hydrogen) atoms. The number of methoxy groups -OCH3 is 1. The zero-order valence-electron chi connectivity index (χ0n) is 18.4. The van der Waals surface area contributed by atoms with Gasteiger partial charge in [0.2, 0.25) is 5.91 Å². The minimum Gasteiger partial charge on any atom is -0.497 e. The van der Waals surface area contributed by atoms with Crippen LogP contribution in [0.4, 0.5) is 0 Å². The lowest BCUT2D eigenvalue weighted by atomic mass is 9.97. The van der Waals surface area contributed by atoms with Crippen LogP contribution < -0.4 is 15.6 Å². The summed E-state index contributed by atoms with van der Waals surface area (Å²) in [5.74, 6) is 0.699. The molecule has 8 nitrogen and oxygen atoms in total. The Balaban J connectivity index is 1.21. The average Bonchev–Trinajstić information content (AvgIpc) is 3.41. The van der Waals surface area contributed by atoms with Gasteiger partial charge >= 0.3 is 0 Å². The van der Waals surface area contributed by atoms with Gasteiger partial charge < -0.3 is 10.1 Å². The minimum atomic E-state index is -0.103. The summed E-state index contributed by atoms with van der Waals surface area (Å²) in [7, 11) is 1.64. The van der Waals surface area contributed by atoms with Gasteiger partial charge in [-0.2, -0.15) is 5.10 Å². The van der Waals surface area contributed by atoms with Crippen molar-refractivity contribution in [2.24, 2.45) is 0 Å². The van der Waals surface area contributed by atoms with E-state index in [-0.39, 0.29) is 17.9 Å². The molecule has 9 heteroatoms. The molecule has 1 N–H and O–H groups in total. The van der Waals surface area contributed by atoms with E-state index in [0.29, 0.717) is 13.1 Å².